The number of hydrogen-bond acceptors (Lipinski definition) is 3. The summed E-state index contributed by atoms with van der Waals surface area (Å²) in [5, 5.41) is 0. The average molecular weight is 339 g/mol. The Kier molecular flexibility index (Phi) is 5.39. The molecule has 0 bridgehead atoms. The number of morpholine rings is 1. The van der Waals surface area contributed by atoms with E-state index < -0.39 is 0 Å². The van der Waals surface area contributed by atoms with Gasteiger partial charge in [0.05, 0.1) is 12.2 Å². The molecule has 2 aromatic carbocycles. The van der Waals surface area contributed by atoms with Crippen molar-refractivity contribution in [2.45, 2.75) is 25.9 Å². The van der Waals surface area contributed by atoms with Gasteiger partial charge in [-0.3, -0.25) is 4.79 Å². The highest BCUT2D eigenvalue weighted by Gasteiger charge is 2.30. The first-order chi connectivity index (χ1) is 12.0. The summed E-state index contributed by atoms with van der Waals surface area (Å²) < 4.78 is 11.5. The van der Waals surface area contributed by atoms with E-state index in [0.29, 0.717) is 19.7 Å². The van der Waals surface area contributed by atoms with Gasteiger partial charge in [0.25, 0.3) is 5.91 Å². The molecule has 1 fully saturated rings. The van der Waals surface area contributed by atoms with E-state index in [9.17, 15) is 4.79 Å². The number of amides is 1. The van der Waals surface area contributed by atoms with Crippen molar-refractivity contribution in [2.24, 2.45) is 0 Å². The van der Waals surface area contributed by atoms with Crippen molar-refractivity contribution >= 4 is 5.91 Å². The van der Waals surface area contributed by atoms with Crippen molar-refractivity contribution in [1.82, 2.24) is 4.90 Å². The van der Waals surface area contributed by atoms with Crippen molar-refractivity contribution in [3.8, 4) is 5.75 Å². The first kappa shape index (κ1) is 17.5. The predicted octanol–water partition coefficient (Wildman–Crippen LogP) is 3.29. The standard InChI is InChI=1S/C21H25NO3/c1-21(2)16-22(12-13-25-21)20(23)15-24-19-11-7-6-10-18(19)14-17-8-4-3-5-9-17/h3-11H,12-16H2,1-2H3. The minimum absolute atomic E-state index is 0.00545. The number of benzene rings is 2. The summed E-state index contributed by atoms with van der Waals surface area (Å²) in [6, 6.07) is 18.2. The number of nitrogens with zero attached hydrogens (tertiary/aromatic N) is 1. The van der Waals surface area contributed by atoms with Crippen LogP contribution < -0.4 is 4.74 Å². The highest BCUT2D eigenvalue weighted by molar-refractivity contribution is 5.78. The zero-order valence-corrected chi connectivity index (χ0v) is 14.9. The van der Waals surface area contributed by atoms with Crippen molar-refractivity contribution in [3.63, 3.8) is 0 Å². The molecule has 0 radical (unpaired) electrons. The summed E-state index contributed by atoms with van der Waals surface area (Å²) in [5.41, 5.74) is 2.02. The molecular weight excluding hydrogens is 314 g/mol. The van der Waals surface area contributed by atoms with Gasteiger partial charge in [-0.05, 0) is 31.0 Å². The molecule has 2 aromatic rings. The smallest absolute Gasteiger partial charge is 0.260 e. The summed E-state index contributed by atoms with van der Waals surface area (Å²) >= 11 is 0. The fourth-order valence-corrected chi connectivity index (χ4v) is 3.07. The van der Waals surface area contributed by atoms with Crippen molar-refractivity contribution in [3.05, 3.63) is 65.7 Å². The molecule has 4 nitrogen and oxygen atoms in total. The Morgan fingerprint density at radius 3 is 2.60 bits per heavy atom. The van der Waals surface area contributed by atoms with Crippen molar-refractivity contribution < 1.29 is 14.3 Å². The van der Waals surface area contributed by atoms with Crippen LogP contribution in [0.4, 0.5) is 0 Å². The average Bonchev–Trinajstić information content (AvgIpc) is 2.61. The SMILES string of the molecule is CC1(C)CN(C(=O)COc2ccccc2Cc2ccccc2)CCO1. The number of ether oxygens (including phenoxy) is 2. The Morgan fingerprint density at radius 1 is 1.12 bits per heavy atom. The fraction of sp³-hybridized carbons (Fsp3) is 0.381. The summed E-state index contributed by atoms with van der Waals surface area (Å²) in [7, 11) is 0. The first-order valence-electron chi connectivity index (χ1n) is 8.70. The van der Waals surface area contributed by atoms with E-state index in [1.54, 1.807) is 0 Å². The molecule has 0 N–H and O–H groups in total. The third-order valence-electron chi connectivity index (χ3n) is 4.34. The predicted molar refractivity (Wildman–Crippen MR) is 97.8 cm³/mol. The summed E-state index contributed by atoms with van der Waals surface area (Å²) in [6.45, 7) is 5.86. The van der Waals surface area contributed by atoms with E-state index in [4.69, 9.17) is 9.47 Å². The van der Waals surface area contributed by atoms with E-state index in [1.807, 2.05) is 61.2 Å². The molecule has 1 saturated heterocycles. The van der Waals surface area contributed by atoms with Crippen LogP contribution in [0.15, 0.2) is 54.6 Å². The van der Waals surface area contributed by atoms with Gasteiger partial charge in [-0.25, -0.2) is 0 Å². The number of hydrogen-bond donors (Lipinski definition) is 0. The molecule has 1 aliphatic heterocycles. The van der Waals surface area contributed by atoms with Crippen LogP contribution in [0.5, 0.6) is 5.75 Å². The lowest BCUT2D eigenvalue weighted by molar-refractivity contribution is -0.147. The molecular formula is C21H25NO3. The van der Waals surface area contributed by atoms with E-state index in [1.165, 1.54) is 5.56 Å². The van der Waals surface area contributed by atoms with Crippen molar-refractivity contribution in [1.29, 1.82) is 0 Å². The molecule has 3 rings (SSSR count). The third-order valence-corrected chi connectivity index (χ3v) is 4.34. The Hall–Kier alpha value is -2.33. The number of rotatable bonds is 5. The van der Waals surface area contributed by atoms with Gasteiger partial charge in [-0.15, -0.1) is 0 Å². The molecule has 1 heterocycles. The Bertz CT molecular complexity index is 712. The van der Waals surface area contributed by atoms with Crippen LogP contribution in [-0.2, 0) is 16.0 Å². The number of carbonyl (C=O) groups is 1. The monoisotopic (exact) mass is 339 g/mol. The van der Waals surface area contributed by atoms with Crippen LogP contribution >= 0.6 is 0 Å². The molecule has 132 valence electrons. The Balaban J connectivity index is 1.62. The molecule has 0 aliphatic carbocycles. The first-order valence-corrected chi connectivity index (χ1v) is 8.70. The molecule has 0 unspecified atom stereocenters. The lowest BCUT2D eigenvalue weighted by Crippen LogP contribution is -2.51. The lowest BCUT2D eigenvalue weighted by atomic mass is 10.0. The summed E-state index contributed by atoms with van der Waals surface area (Å²) in [4.78, 5) is 14.3. The van der Waals surface area contributed by atoms with Gasteiger partial charge in [0, 0.05) is 19.5 Å². The molecule has 0 aromatic heterocycles. The van der Waals surface area contributed by atoms with E-state index >= 15 is 0 Å². The van der Waals surface area contributed by atoms with E-state index in [0.717, 1.165) is 17.7 Å². The third kappa shape index (κ3) is 4.83. The van der Waals surface area contributed by atoms with Gasteiger partial charge < -0.3 is 14.4 Å². The van der Waals surface area contributed by atoms with Crippen LogP contribution in [0.1, 0.15) is 25.0 Å². The lowest BCUT2D eigenvalue weighted by Gasteiger charge is -2.38. The van der Waals surface area contributed by atoms with Gasteiger partial charge in [0.15, 0.2) is 6.61 Å². The second-order valence-corrected chi connectivity index (χ2v) is 6.98. The van der Waals surface area contributed by atoms with Gasteiger partial charge in [0.1, 0.15) is 5.75 Å². The minimum Gasteiger partial charge on any atom is -0.483 e. The number of carbonyl (C=O) groups excluding carboxylic acids is 1. The van der Waals surface area contributed by atoms with E-state index in [-0.39, 0.29) is 18.1 Å². The second-order valence-electron chi connectivity index (χ2n) is 6.98. The summed E-state index contributed by atoms with van der Waals surface area (Å²) in [6.07, 6.45) is 0.787. The molecule has 25 heavy (non-hydrogen) atoms. The zero-order chi connectivity index (χ0) is 17.7. The van der Waals surface area contributed by atoms with Crippen LogP contribution in [0, 0.1) is 0 Å². The maximum atomic E-state index is 12.5. The van der Waals surface area contributed by atoms with E-state index in [2.05, 4.69) is 12.1 Å². The highest BCUT2D eigenvalue weighted by Crippen LogP contribution is 2.22. The fourth-order valence-electron chi connectivity index (χ4n) is 3.07. The molecule has 1 amide bonds. The summed E-state index contributed by atoms with van der Waals surface area (Å²) in [5.74, 6) is 0.776. The van der Waals surface area contributed by atoms with Gasteiger partial charge in [0.2, 0.25) is 0 Å². The maximum Gasteiger partial charge on any atom is 0.260 e. The molecule has 0 atom stereocenters. The second kappa shape index (κ2) is 7.70. The van der Waals surface area contributed by atoms with Gasteiger partial charge in [-0.1, -0.05) is 48.5 Å². The van der Waals surface area contributed by atoms with Gasteiger partial charge >= 0.3 is 0 Å². The molecule has 1 aliphatic rings. The van der Waals surface area contributed by atoms with Crippen LogP contribution in [0.3, 0.4) is 0 Å². The zero-order valence-electron chi connectivity index (χ0n) is 14.9. The topological polar surface area (TPSA) is 38.8 Å². The molecule has 0 spiro atoms. The number of para-hydroxylation sites is 1. The molecule has 4 heteroatoms. The molecule has 0 saturated carbocycles. The van der Waals surface area contributed by atoms with Crippen molar-refractivity contribution in [2.75, 3.05) is 26.3 Å². The quantitative estimate of drug-likeness (QED) is 0.839. The van der Waals surface area contributed by atoms with Gasteiger partial charge in [-0.2, -0.15) is 0 Å². The maximum absolute atomic E-state index is 12.5. The Labute approximate surface area is 149 Å². The Morgan fingerprint density at radius 2 is 1.84 bits per heavy atom. The largest absolute Gasteiger partial charge is 0.483 e. The van der Waals surface area contributed by atoms with Crippen LogP contribution in [-0.4, -0.2) is 42.7 Å². The van der Waals surface area contributed by atoms with Crippen LogP contribution in [0.2, 0.25) is 0 Å². The highest BCUT2D eigenvalue weighted by atomic mass is 16.5. The van der Waals surface area contributed by atoms with Crippen LogP contribution in [0.25, 0.3) is 0 Å². The minimum atomic E-state index is -0.293. The normalized spacial score (nSPS) is 16.5.